The lowest BCUT2D eigenvalue weighted by Gasteiger charge is -2.28. The third-order valence-corrected chi connectivity index (χ3v) is 13.7. The van der Waals surface area contributed by atoms with Gasteiger partial charge in [0.1, 0.15) is 19.8 Å². The SMILES string of the molecule is CCCCCCCC/C=C/CCCCCCCCCCCC(=O)O[C@H](COC(=O)CCCCCCCCCCCCCCCCCCCCCCCCC)COP(=O)([O-])OCC[N+](C)(C)C. The van der Waals surface area contributed by atoms with Gasteiger partial charge >= 0.3 is 11.9 Å². The fourth-order valence-corrected chi connectivity index (χ4v) is 9.09. The lowest BCUT2D eigenvalue weighted by atomic mass is 10.0. The molecule has 0 radical (unpaired) electrons. The Labute approximate surface area is 409 Å². The molecule has 0 N–H and O–H groups in total. The molecule has 0 saturated carbocycles. The Hall–Kier alpha value is -1.25. The normalized spacial score (nSPS) is 13.4. The first-order valence-electron chi connectivity index (χ1n) is 28.4. The van der Waals surface area contributed by atoms with Crippen molar-refractivity contribution in [1.82, 2.24) is 0 Å². The van der Waals surface area contributed by atoms with Gasteiger partial charge < -0.3 is 27.9 Å². The molecule has 0 saturated heterocycles. The molecule has 0 amide bonds. The summed E-state index contributed by atoms with van der Waals surface area (Å²) < 4.78 is 34.1. The molecule has 392 valence electrons. The summed E-state index contributed by atoms with van der Waals surface area (Å²) in [6.07, 6.45) is 55.4. The van der Waals surface area contributed by atoms with Gasteiger partial charge in [0, 0.05) is 12.8 Å². The predicted molar refractivity (Wildman–Crippen MR) is 278 cm³/mol. The van der Waals surface area contributed by atoms with E-state index in [1.165, 1.54) is 212 Å². The number of phosphoric ester groups is 1. The first-order chi connectivity index (χ1) is 32.0. The van der Waals surface area contributed by atoms with E-state index in [2.05, 4.69) is 26.0 Å². The van der Waals surface area contributed by atoms with E-state index in [0.29, 0.717) is 17.4 Å². The van der Waals surface area contributed by atoms with Gasteiger partial charge in [-0.25, -0.2) is 0 Å². The Kier molecular flexibility index (Phi) is 47.8. The maximum atomic E-state index is 12.8. The minimum atomic E-state index is -4.63. The van der Waals surface area contributed by atoms with E-state index >= 15 is 0 Å². The number of hydrogen-bond acceptors (Lipinski definition) is 8. The summed E-state index contributed by atoms with van der Waals surface area (Å²) in [6, 6.07) is 0. The van der Waals surface area contributed by atoms with E-state index in [9.17, 15) is 19.0 Å². The van der Waals surface area contributed by atoms with Crippen LogP contribution in [0.25, 0.3) is 0 Å². The Balaban J connectivity index is 4.13. The highest BCUT2D eigenvalue weighted by Crippen LogP contribution is 2.38. The molecule has 1 unspecified atom stereocenters. The predicted octanol–water partition coefficient (Wildman–Crippen LogP) is 16.6. The maximum Gasteiger partial charge on any atom is 0.306 e. The van der Waals surface area contributed by atoms with Gasteiger partial charge in [-0.15, -0.1) is 0 Å². The molecule has 0 aliphatic heterocycles. The molecule has 9 nitrogen and oxygen atoms in total. The monoisotopic (exact) mass is 956 g/mol. The minimum absolute atomic E-state index is 0.0275. The average Bonchev–Trinajstić information content (AvgIpc) is 3.27. The van der Waals surface area contributed by atoms with Gasteiger partial charge in [-0.05, 0) is 38.5 Å². The molecule has 0 aliphatic rings. The van der Waals surface area contributed by atoms with Crippen molar-refractivity contribution >= 4 is 19.8 Å². The van der Waals surface area contributed by atoms with E-state index in [0.717, 1.165) is 38.5 Å². The molecule has 0 aromatic carbocycles. The van der Waals surface area contributed by atoms with Crippen molar-refractivity contribution in [3.05, 3.63) is 12.2 Å². The van der Waals surface area contributed by atoms with Gasteiger partial charge in [-0.2, -0.15) is 0 Å². The van der Waals surface area contributed by atoms with Gasteiger partial charge in [0.05, 0.1) is 27.7 Å². The molecule has 0 aromatic heterocycles. The second-order valence-corrected chi connectivity index (χ2v) is 22.1. The largest absolute Gasteiger partial charge is 0.756 e. The molecule has 0 rings (SSSR count). The maximum absolute atomic E-state index is 12.8. The van der Waals surface area contributed by atoms with Crippen molar-refractivity contribution < 1.29 is 42.1 Å². The number of carbonyl (C=O) groups is 2. The highest BCUT2D eigenvalue weighted by Gasteiger charge is 2.22. The zero-order valence-corrected chi connectivity index (χ0v) is 45.3. The van der Waals surface area contributed by atoms with Gasteiger partial charge in [-0.1, -0.05) is 244 Å². The minimum Gasteiger partial charge on any atom is -0.756 e. The molecule has 2 atom stereocenters. The first kappa shape index (κ1) is 64.8. The summed E-state index contributed by atoms with van der Waals surface area (Å²) >= 11 is 0. The summed E-state index contributed by atoms with van der Waals surface area (Å²) in [4.78, 5) is 37.8. The molecule has 66 heavy (non-hydrogen) atoms. The molecule has 0 heterocycles. The first-order valence-corrected chi connectivity index (χ1v) is 29.9. The number of quaternary nitrogens is 1. The van der Waals surface area contributed by atoms with Crippen LogP contribution >= 0.6 is 7.82 Å². The van der Waals surface area contributed by atoms with Crippen LogP contribution in [-0.4, -0.2) is 70.0 Å². The van der Waals surface area contributed by atoms with Gasteiger partial charge in [0.2, 0.25) is 0 Å². The molecule has 10 heteroatoms. The number of likely N-dealkylation sites (N-methyl/N-ethyl adjacent to an activating group) is 1. The van der Waals surface area contributed by atoms with Crippen LogP contribution in [0.15, 0.2) is 12.2 Å². The number of allylic oxidation sites excluding steroid dienone is 2. The van der Waals surface area contributed by atoms with Crippen molar-refractivity contribution in [3.63, 3.8) is 0 Å². The van der Waals surface area contributed by atoms with E-state index in [1.54, 1.807) is 0 Å². The zero-order valence-electron chi connectivity index (χ0n) is 44.4. The van der Waals surface area contributed by atoms with Crippen molar-refractivity contribution in [1.29, 1.82) is 0 Å². The third-order valence-electron chi connectivity index (χ3n) is 12.8. The molecule has 0 aromatic rings. The number of unbranched alkanes of at least 4 members (excludes halogenated alkanes) is 37. The van der Waals surface area contributed by atoms with Crippen LogP contribution in [0.4, 0.5) is 0 Å². The van der Waals surface area contributed by atoms with Crippen molar-refractivity contribution in [2.75, 3.05) is 47.5 Å². The fourth-order valence-electron chi connectivity index (χ4n) is 8.36. The zero-order chi connectivity index (χ0) is 48.5. The Morgan fingerprint density at radius 3 is 1.12 bits per heavy atom. The molecular weight excluding hydrogens is 846 g/mol. The number of carbonyl (C=O) groups excluding carboxylic acids is 2. The summed E-state index contributed by atoms with van der Waals surface area (Å²) in [5, 5.41) is 0. The molecule has 0 spiro atoms. The second-order valence-electron chi connectivity index (χ2n) is 20.7. The van der Waals surface area contributed by atoms with E-state index < -0.39 is 26.5 Å². The summed E-state index contributed by atoms with van der Waals surface area (Å²) in [5.41, 5.74) is 0. The summed E-state index contributed by atoms with van der Waals surface area (Å²) in [7, 11) is 1.18. The van der Waals surface area contributed by atoms with E-state index in [-0.39, 0.29) is 32.0 Å². The second kappa shape index (κ2) is 48.8. The summed E-state index contributed by atoms with van der Waals surface area (Å²) in [6.45, 7) is 4.29. The van der Waals surface area contributed by atoms with Gasteiger partial charge in [0.15, 0.2) is 6.10 Å². The summed E-state index contributed by atoms with van der Waals surface area (Å²) in [5.74, 6) is -0.818. The van der Waals surface area contributed by atoms with Crippen molar-refractivity contribution in [3.8, 4) is 0 Å². The average molecular weight is 956 g/mol. The fraction of sp³-hybridized carbons (Fsp3) is 0.929. The molecule has 0 bridgehead atoms. The highest BCUT2D eigenvalue weighted by atomic mass is 31.2. The van der Waals surface area contributed by atoms with Crippen LogP contribution < -0.4 is 4.89 Å². The molecular formula is C56H110NO8P. The quantitative estimate of drug-likeness (QED) is 0.0195. The lowest BCUT2D eigenvalue weighted by Crippen LogP contribution is -2.37. The van der Waals surface area contributed by atoms with Crippen LogP contribution in [0, 0.1) is 0 Å². The van der Waals surface area contributed by atoms with Gasteiger partial charge in [0.25, 0.3) is 7.82 Å². The Bertz CT molecular complexity index is 1130. The standard InChI is InChI=1S/C56H110NO8P/c1-6-8-10-12-14-16-18-20-22-24-26-27-28-29-31-32-34-36-38-40-42-44-46-48-55(58)62-52-54(53-64-66(60,61)63-51-50-57(3,4)5)65-56(59)49-47-45-43-41-39-37-35-33-30-25-23-21-19-17-15-13-11-9-7-2/h21,23,54H,6-20,22,24-53H2,1-5H3/b23-21+/t54-/m1/s1. The van der Waals surface area contributed by atoms with Crippen molar-refractivity contribution in [2.24, 2.45) is 0 Å². The van der Waals surface area contributed by atoms with Gasteiger partial charge in [-0.3, -0.25) is 14.2 Å². The Morgan fingerprint density at radius 2 is 0.773 bits per heavy atom. The van der Waals surface area contributed by atoms with Crippen LogP contribution in [0.5, 0.6) is 0 Å². The highest BCUT2D eigenvalue weighted by molar-refractivity contribution is 7.45. The number of ether oxygens (including phenoxy) is 2. The van der Waals surface area contributed by atoms with E-state index in [4.69, 9.17) is 18.5 Å². The number of rotatable bonds is 53. The van der Waals surface area contributed by atoms with E-state index in [1.807, 2.05) is 21.1 Å². The number of nitrogens with zero attached hydrogens (tertiary/aromatic N) is 1. The third kappa shape index (κ3) is 52.1. The van der Waals surface area contributed by atoms with Crippen molar-refractivity contribution in [2.45, 2.75) is 290 Å². The Morgan fingerprint density at radius 1 is 0.455 bits per heavy atom. The number of hydrogen-bond donors (Lipinski definition) is 0. The van der Waals surface area contributed by atoms with Crippen LogP contribution in [-0.2, 0) is 32.7 Å². The smallest absolute Gasteiger partial charge is 0.306 e. The topological polar surface area (TPSA) is 111 Å². The molecule has 0 fully saturated rings. The van der Waals surface area contributed by atoms with Crippen LogP contribution in [0.2, 0.25) is 0 Å². The van der Waals surface area contributed by atoms with Crippen LogP contribution in [0.1, 0.15) is 284 Å². The number of esters is 2. The van der Waals surface area contributed by atoms with Crippen LogP contribution in [0.3, 0.4) is 0 Å². The lowest BCUT2D eigenvalue weighted by molar-refractivity contribution is -0.870. The number of phosphoric acid groups is 1. The molecule has 0 aliphatic carbocycles.